The molecule has 1 nitrogen and oxygen atoms in total. The van der Waals surface area contributed by atoms with Crippen LogP contribution in [0.3, 0.4) is 0 Å². The Morgan fingerprint density at radius 2 is 2.20 bits per heavy atom. The smallest absolute Gasteiger partial charge is 0.0276 e. The van der Waals surface area contributed by atoms with E-state index in [9.17, 15) is 0 Å². The van der Waals surface area contributed by atoms with Crippen molar-refractivity contribution in [3.8, 4) is 0 Å². The van der Waals surface area contributed by atoms with Gasteiger partial charge in [0.1, 0.15) is 0 Å². The van der Waals surface area contributed by atoms with E-state index in [-0.39, 0.29) is 0 Å². The van der Waals surface area contributed by atoms with Gasteiger partial charge in [0.15, 0.2) is 0 Å². The summed E-state index contributed by atoms with van der Waals surface area (Å²) in [4.78, 5) is 4.24. The van der Waals surface area contributed by atoms with E-state index in [0.717, 1.165) is 11.8 Å². The Morgan fingerprint density at radius 3 is 2.50 bits per heavy atom. The summed E-state index contributed by atoms with van der Waals surface area (Å²) < 4.78 is 0. The third-order valence-corrected chi connectivity index (χ3v) is 2.56. The molecule has 1 atom stereocenters. The van der Waals surface area contributed by atoms with Crippen molar-refractivity contribution in [2.24, 2.45) is 16.8 Å². The summed E-state index contributed by atoms with van der Waals surface area (Å²) in [5.74, 6) is 1.76. The summed E-state index contributed by atoms with van der Waals surface area (Å²) in [6.07, 6.45) is 3.87. The topological polar surface area (TPSA) is 12.4 Å². The molecule has 0 N–H and O–H groups in total. The number of hydrogen-bond donors (Lipinski definition) is 0. The highest BCUT2D eigenvalue weighted by atomic mass is 14.7. The lowest BCUT2D eigenvalue weighted by atomic mass is 9.95. The second kappa shape index (κ2) is 3.18. The first-order chi connectivity index (χ1) is 4.74. The Bertz CT molecular complexity index is 136. The van der Waals surface area contributed by atoms with Crippen molar-refractivity contribution in [1.29, 1.82) is 0 Å². The van der Waals surface area contributed by atoms with Crippen LogP contribution in [0.2, 0.25) is 0 Å². The van der Waals surface area contributed by atoms with Gasteiger partial charge in [-0.2, -0.15) is 0 Å². The molecule has 58 valence electrons. The first kappa shape index (κ1) is 7.77. The fraction of sp³-hybridized carbons (Fsp3) is 0.889. The number of rotatable bonds is 1. The molecular weight excluding hydrogens is 122 g/mol. The molecular formula is C9H17N. The van der Waals surface area contributed by atoms with Gasteiger partial charge in [0, 0.05) is 12.8 Å². The van der Waals surface area contributed by atoms with Crippen molar-refractivity contribution in [2.75, 3.05) is 7.05 Å². The van der Waals surface area contributed by atoms with Gasteiger partial charge in [-0.15, -0.1) is 0 Å². The first-order valence-corrected chi connectivity index (χ1v) is 4.18. The molecule has 0 radical (unpaired) electrons. The Morgan fingerprint density at radius 1 is 1.50 bits per heavy atom. The largest absolute Gasteiger partial charge is 0.297 e. The SMILES string of the molecule is CN=C1CCC(C(C)C)C1. The van der Waals surface area contributed by atoms with Crippen LogP contribution in [0.1, 0.15) is 33.1 Å². The maximum Gasteiger partial charge on any atom is 0.0276 e. The van der Waals surface area contributed by atoms with Crippen molar-refractivity contribution < 1.29 is 0 Å². The van der Waals surface area contributed by atoms with E-state index in [1.54, 1.807) is 0 Å². The predicted molar refractivity (Wildman–Crippen MR) is 45.5 cm³/mol. The highest BCUT2D eigenvalue weighted by molar-refractivity contribution is 5.86. The van der Waals surface area contributed by atoms with Crippen molar-refractivity contribution in [1.82, 2.24) is 0 Å². The number of aliphatic imine (C=N–C) groups is 1. The lowest BCUT2D eigenvalue weighted by molar-refractivity contribution is 0.404. The molecule has 0 aromatic carbocycles. The maximum absolute atomic E-state index is 4.24. The molecule has 0 heterocycles. The Labute approximate surface area is 63.5 Å². The molecule has 1 rings (SSSR count). The minimum Gasteiger partial charge on any atom is -0.297 e. The van der Waals surface area contributed by atoms with Crippen LogP contribution < -0.4 is 0 Å². The van der Waals surface area contributed by atoms with Gasteiger partial charge in [-0.05, 0) is 31.1 Å². The van der Waals surface area contributed by atoms with Gasteiger partial charge in [0.25, 0.3) is 0 Å². The van der Waals surface area contributed by atoms with Crippen molar-refractivity contribution in [3.05, 3.63) is 0 Å². The first-order valence-electron chi connectivity index (χ1n) is 4.18. The lowest BCUT2D eigenvalue weighted by Gasteiger charge is -2.11. The summed E-state index contributed by atoms with van der Waals surface area (Å²) in [6.45, 7) is 4.62. The molecule has 1 aliphatic carbocycles. The monoisotopic (exact) mass is 139 g/mol. The second-order valence-corrected chi connectivity index (χ2v) is 3.54. The molecule has 1 heteroatoms. The Balaban J connectivity index is 2.43. The summed E-state index contributed by atoms with van der Waals surface area (Å²) in [6, 6.07) is 0. The summed E-state index contributed by atoms with van der Waals surface area (Å²) in [5.41, 5.74) is 1.43. The molecule has 1 fully saturated rings. The van der Waals surface area contributed by atoms with Crippen LogP contribution in [0.4, 0.5) is 0 Å². The molecule has 0 amide bonds. The highest BCUT2D eigenvalue weighted by Crippen LogP contribution is 2.29. The van der Waals surface area contributed by atoms with Gasteiger partial charge in [-0.1, -0.05) is 13.8 Å². The molecule has 0 spiro atoms. The molecule has 1 aliphatic rings. The summed E-state index contributed by atoms with van der Waals surface area (Å²) >= 11 is 0. The van der Waals surface area contributed by atoms with Crippen LogP contribution in [0.5, 0.6) is 0 Å². The number of nitrogens with zero attached hydrogens (tertiary/aromatic N) is 1. The molecule has 10 heavy (non-hydrogen) atoms. The van der Waals surface area contributed by atoms with Crippen LogP contribution in [-0.2, 0) is 0 Å². The predicted octanol–water partition coefficient (Wildman–Crippen LogP) is 2.51. The van der Waals surface area contributed by atoms with E-state index in [0.29, 0.717) is 0 Å². The van der Waals surface area contributed by atoms with E-state index in [4.69, 9.17) is 0 Å². The quantitative estimate of drug-likeness (QED) is 0.529. The standard InChI is InChI=1S/C9H17N/c1-7(2)8-4-5-9(6-8)10-3/h7-8H,4-6H2,1-3H3. The third-order valence-electron chi connectivity index (χ3n) is 2.56. The van der Waals surface area contributed by atoms with Crippen molar-refractivity contribution in [2.45, 2.75) is 33.1 Å². The molecule has 1 saturated carbocycles. The summed E-state index contributed by atoms with van der Waals surface area (Å²) in [5, 5.41) is 0. The van der Waals surface area contributed by atoms with Crippen molar-refractivity contribution >= 4 is 5.71 Å². The highest BCUT2D eigenvalue weighted by Gasteiger charge is 2.22. The Hall–Kier alpha value is -0.330. The van der Waals surface area contributed by atoms with Gasteiger partial charge < -0.3 is 0 Å². The Kier molecular flexibility index (Phi) is 2.47. The number of hydrogen-bond acceptors (Lipinski definition) is 1. The third kappa shape index (κ3) is 1.59. The zero-order valence-electron chi connectivity index (χ0n) is 7.22. The van der Waals surface area contributed by atoms with Crippen LogP contribution in [0.15, 0.2) is 4.99 Å². The van der Waals surface area contributed by atoms with Gasteiger partial charge >= 0.3 is 0 Å². The minimum absolute atomic E-state index is 0.847. The molecule has 0 bridgehead atoms. The fourth-order valence-corrected chi connectivity index (χ4v) is 1.63. The lowest BCUT2D eigenvalue weighted by Crippen LogP contribution is -2.03. The molecule has 0 aromatic heterocycles. The zero-order valence-corrected chi connectivity index (χ0v) is 7.22. The summed E-state index contributed by atoms with van der Waals surface area (Å²) in [7, 11) is 1.91. The minimum atomic E-state index is 0.847. The van der Waals surface area contributed by atoms with E-state index in [1.807, 2.05) is 7.05 Å². The van der Waals surface area contributed by atoms with Crippen LogP contribution >= 0.6 is 0 Å². The normalized spacial score (nSPS) is 30.4. The van der Waals surface area contributed by atoms with Gasteiger partial charge in [-0.25, -0.2) is 0 Å². The molecule has 0 aromatic rings. The fourth-order valence-electron chi connectivity index (χ4n) is 1.63. The van der Waals surface area contributed by atoms with Crippen LogP contribution in [-0.4, -0.2) is 12.8 Å². The van der Waals surface area contributed by atoms with Crippen LogP contribution in [0.25, 0.3) is 0 Å². The molecule has 1 unspecified atom stereocenters. The second-order valence-electron chi connectivity index (χ2n) is 3.54. The average Bonchev–Trinajstić information content (AvgIpc) is 2.34. The van der Waals surface area contributed by atoms with E-state index in [2.05, 4.69) is 18.8 Å². The molecule has 0 saturated heterocycles. The van der Waals surface area contributed by atoms with Gasteiger partial charge in [0.2, 0.25) is 0 Å². The van der Waals surface area contributed by atoms with E-state index in [1.165, 1.54) is 25.0 Å². The van der Waals surface area contributed by atoms with Crippen molar-refractivity contribution in [3.63, 3.8) is 0 Å². The van der Waals surface area contributed by atoms with Gasteiger partial charge in [-0.3, -0.25) is 4.99 Å². The maximum atomic E-state index is 4.24. The zero-order chi connectivity index (χ0) is 7.56. The van der Waals surface area contributed by atoms with Crippen LogP contribution in [0, 0.1) is 11.8 Å². The molecule has 0 aliphatic heterocycles. The van der Waals surface area contributed by atoms with Gasteiger partial charge in [0.05, 0.1) is 0 Å². The van der Waals surface area contributed by atoms with E-state index < -0.39 is 0 Å². The van der Waals surface area contributed by atoms with E-state index >= 15 is 0 Å². The average molecular weight is 139 g/mol.